The van der Waals surface area contributed by atoms with E-state index in [-0.39, 0.29) is 17.8 Å². The number of aromatic amines is 1. The molecule has 2 aromatic heterocycles. The third-order valence-corrected chi connectivity index (χ3v) is 4.32. The van der Waals surface area contributed by atoms with Crippen molar-refractivity contribution in [1.82, 2.24) is 15.3 Å². The zero-order valence-electron chi connectivity index (χ0n) is 15.2. The molecule has 3 aromatic rings. The molecule has 148 valence electrons. The number of halogens is 3. The molecule has 1 unspecified atom stereocenters. The molecule has 2 heterocycles. The quantitative estimate of drug-likeness (QED) is 0.631. The Balaban J connectivity index is 1.51. The first kappa shape index (κ1) is 19.7. The summed E-state index contributed by atoms with van der Waals surface area (Å²) in [6.07, 6.45) is -0.175. The van der Waals surface area contributed by atoms with E-state index in [1.54, 1.807) is 13.0 Å². The summed E-state index contributed by atoms with van der Waals surface area (Å²) in [7, 11) is 0. The van der Waals surface area contributed by atoms with E-state index in [4.69, 9.17) is 0 Å². The van der Waals surface area contributed by atoms with Gasteiger partial charge in [-0.15, -0.1) is 0 Å². The number of carbonyl (C=O) groups excluding carboxylic acids is 1. The largest absolute Gasteiger partial charge is 0.468 e. The van der Waals surface area contributed by atoms with Crippen LogP contribution in [0.3, 0.4) is 0 Å². The number of carbonyl (C=O) groups is 1. The van der Waals surface area contributed by atoms with Gasteiger partial charge in [-0.3, -0.25) is 4.79 Å². The Morgan fingerprint density at radius 2 is 2.04 bits per heavy atom. The van der Waals surface area contributed by atoms with E-state index in [1.807, 2.05) is 30.5 Å². The molecular weight excluding hydrogens is 371 g/mol. The maximum atomic E-state index is 12.2. The second kappa shape index (κ2) is 8.33. The number of nitrogens with zero attached hydrogens (tertiary/aromatic N) is 1. The minimum atomic E-state index is -4.41. The Labute approximate surface area is 159 Å². The number of para-hydroxylation sites is 1. The van der Waals surface area contributed by atoms with E-state index in [9.17, 15) is 18.0 Å². The number of rotatable bonds is 7. The first-order valence-electron chi connectivity index (χ1n) is 8.82. The number of fused-ring (bicyclic) bond motifs is 1. The van der Waals surface area contributed by atoms with Crippen molar-refractivity contribution in [1.29, 1.82) is 0 Å². The van der Waals surface area contributed by atoms with E-state index in [0.29, 0.717) is 18.4 Å². The minimum absolute atomic E-state index is 0.112. The molecule has 8 heteroatoms. The number of amides is 1. The normalized spacial score (nSPS) is 12.7. The maximum absolute atomic E-state index is 12.2. The Hall–Kier alpha value is -3.03. The van der Waals surface area contributed by atoms with Crippen LogP contribution in [0.4, 0.5) is 13.2 Å². The first-order chi connectivity index (χ1) is 13.3. The smallest absolute Gasteiger partial charge is 0.422 e. The number of aryl methyl sites for hydroxylation is 1. The van der Waals surface area contributed by atoms with Crippen LogP contribution in [0.2, 0.25) is 0 Å². The van der Waals surface area contributed by atoms with Crippen LogP contribution in [0.15, 0.2) is 48.8 Å². The summed E-state index contributed by atoms with van der Waals surface area (Å²) in [5.41, 5.74) is 2.79. The molecule has 0 bridgehead atoms. The Morgan fingerprint density at radius 1 is 1.25 bits per heavy atom. The number of H-pyrrole nitrogens is 1. The topological polar surface area (TPSA) is 67.0 Å². The summed E-state index contributed by atoms with van der Waals surface area (Å²) >= 11 is 0. The number of alkyl halides is 3. The van der Waals surface area contributed by atoms with Crippen molar-refractivity contribution in [3.8, 4) is 5.88 Å². The van der Waals surface area contributed by atoms with Crippen molar-refractivity contribution in [3.63, 3.8) is 0 Å². The summed E-state index contributed by atoms with van der Waals surface area (Å²) < 4.78 is 41.0. The molecule has 0 spiro atoms. The van der Waals surface area contributed by atoms with Crippen LogP contribution < -0.4 is 10.1 Å². The van der Waals surface area contributed by atoms with E-state index in [0.717, 1.165) is 16.5 Å². The zero-order valence-corrected chi connectivity index (χ0v) is 15.2. The highest BCUT2D eigenvalue weighted by atomic mass is 19.4. The summed E-state index contributed by atoms with van der Waals surface area (Å²) in [4.78, 5) is 19.3. The van der Waals surface area contributed by atoms with E-state index in [1.165, 1.54) is 12.3 Å². The number of aromatic nitrogens is 2. The molecular formula is C20H20F3N3O2. The van der Waals surface area contributed by atoms with Gasteiger partial charge in [0.05, 0.1) is 6.04 Å². The maximum Gasteiger partial charge on any atom is 0.422 e. The average Bonchev–Trinajstić information content (AvgIpc) is 3.08. The second-order valence-electron chi connectivity index (χ2n) is 6.48. The molecule has 3 rings (SSSR count). The van der Waals surface area contributed by atoms with Crippen LogP contribution in [0, 0.1) is 0 Å². The average molecular weight is 391 g/mol. The zero-order chi connectivity index (χ0) is 20.1. The van der Waals surface area contributed by atoms with E-state index in [2.05, 4.69) is 20.0 Å². The van der Waals surface area contributed by atoms with Gasteiger partial charge in [-0.1, -0.05) is 24.3 Å². The molecule has 0 aliphatic heterocycles. The fourth-order valence-corrected chi connectivity index (χ4v) is 2.87. The van der Waals surface area contributed by atoms with E-state index < -0.39 is 12.8 Å². The highest BCUT2D eigenvalue weighted by Gasteiger charge is 2.28. The minimum Gasteiger partial charge on any atom is -0.468 e. The molecule has 28 heavy (non-hydrogen) atoms. The third kappa shape index (κ3) is 5.25. The lowest BCUT2D eigenvalue weighted by atomic mass is 10.1. The highest BCUT2D eigenvalue weighted by molar-refractivity contribution is 5.84. The van der Waals surface area contributed by atoms with Crippen molar-refractivity contribution in [2.75, 3.05) is 6.61 Å². The Kier molecular flexibility index (Phi) is 5.87. The SMILES string of the molecule is CC(NC(=O)CCc1c[nH]c2ccccc12)c1ccc(OCC(F)(F)F)nc1. The van der Waals surface area contributed by atoms with Gasteiger partial charge < -0.3 is 15.0 Å². The molecule has 1 amide bonds. The Morgan fingerprint density at radius 3 is 2.75 bits per heavy atom. The number of hydrogen-bond acceptors (Lipinski definition) is 3. The predicted molar refractivity (Wildman–Crippen MR) is 99.0 cm³/mol. The van der Waals surface area contributed by atoms with Gasteiger partial charge in [0.1, 0.15) is 0 Å². The van der Waals surface area contributed by atoms with Crippen molar-refractivity contribution in [2.45, 2.75) is 32.0 Å². The summed E-state index contributed by atoms with van der Waals surface area (Å²) in [5, 5.41) is 3.97. The van der Waals surface area contributed by atoms with Crippen LogP contribution in [-0.2, 0) is 11.2 Å². The van der Waals surface area contributed by atoms with Crippen molar-refractivity contribution in [3.05, 3.63) is 59.9 Å². The van der Waals surface area contributed by atoms with Crippen LogP contribution in [-0.4, -0.2) is 28.7 Å². The standard InChI is InChI=1S/C20H20F3N3O2/c1-13(14-7-9-19(25-10-14)28-12-20(21,22)23)26-18(27)8-6-15-11-24-17-5-3-2-4-16(15)17/h2-5,7,9-11,13,24H,6,8,12H2,1H3,(H,26,27). The summed E-state index contributed by atoms with van der Waals surface area (Å²) in [6, 6.07) is 10.5. The molecule has 0 saturated carbocycles. The molecule has 0 fully saturated rings. The number of ether oxygens (including phenoxy) is 1. The molecule has 0 aliphatic carbocycles. The van der Waals surface area contributed by atoms with Gasteiger partial charge in [0.25, 0.3) is 0 Å². The molecule has 0 saturated heterocycles. The van der Waals surface area contributed by atoms with Gasteiger partial charge in [0.2, 0.25) is 11.8 Å². The van der Waals surface area contributed by atoms with Gasteiger partial charge in [-0.05, 0) is 30.5 Å². The number of pyridine rings is 1. The van der Waals surface area contributed by atoms with Crippen LogP contribution in [0.25, 0.3) is 10.9 Å². The second-order valence-corrected chi connectivity index (χ2v) is 6.48. The van der Waals surface area contributed by atoms with Crippen molar-refractivity contribution in [2.24, 2.45) is 0 Å². The van der Waals surface area contributed by atoms with Gasteiger partial charge in [0.15, 0.2) is 6.61 Å². The van der Waals surface area contributed by atoms with Gasteiger partial charge in [-0.25, -0.2) is 4.98 Å². The van der Waals surface area contributed by atoms with Crippen molar-refractivity contribution < 1.29 is 22.7 Å². The van der Waals surface area contributed by atoms with E-state index >= 15 is 0 Å². The molecule has 2 N–H and O–H groups in total. The van der Waals surface area contributed by atoms with Crippen LogP contribution in [0.5, 0.6) is 5.88 Å². The molecule has 1 aromatic carbocycles. The first-order valence-corrected chi connectivity index (χ1v) is 8.82. The van der Waals surface area contributed by atoms with Gasteiger partial charge in [0, 0.05) is 35.8 Å². The fraction of sp³-hybridized carbons (Fsp3) is 0.300. The molecule has 0 aliphatic rings. The number of hydrogen-bond donors (Lipinski definition) is 2. The predicted octanol–water partition coefficient (Wildman–Crippen LogP) is 4.31. The highest BCUT2D eigenvalue weighted by Crippen LogP contribution is 2.20. The van der Waals surface area contributed by atoms with Crippen molar-refractivity contribution >= 4 is 16.8 Å². The summed E-state index contributed by atoms with van der Waals surface area (Å²) in [5.74, 6) is -0.228. The van der Waals surface area contributed by atoms with Crippen LogP contribution in [0.1, 0.15) is 30.5 Å². The Bertz CT molecular complexity index is 936. The fourth-order valence-electron chi connectivity index (χ4n) is 2.87. The molecule has 1 atom stereocenters. The lowest BCUT2D eigenvalue weighted by Crippen LogP contribution is -2.27. The molecule has 0 radical (unpaired) electrons. The molecule has 5 nitrogen and oxygen atoms in total. The monoisotopic (exact) mass is 391 g/mol. The van der Waals surface area contributed by atoms with Crippen LogP contribution >= 0.6 is 0 Å². The van der Waals surface area contributed by atoms with Gasteiger partial charge in [-0.2, -0.15) is 13.2 Å². The lowest BCUT2D eigenvalue weighted by Gasteiger charge is -2.15. The third-order valence-electron chi connectivity index (χ3n) is 4.32. The van der Waals surface area contributed by atoms with Gasteiger partial charge >= 0.3 is 6.18 Å². The lowest BCUT2D eigenvalue weighted by molar-refractivity contribution is -0.154. The number of nitrogens with one attached hydrogen (secondary N) is 2. The number of benzene rings is 1. The summed E-state index contributed by atoms with van der Waals surface area (Å²) in [6.45, 7) is 0.399.